The third-order valence-electron chi connectivity index (χ3n) is 2.40. The highest BCUT2D eigenvalue weighted by atomic mass is 32.2. The Hall–Kier alpha value is -1.01. The van der Waals surface area contributed by atoms with E-state index in [1.165, 1.54) is 4.57 Å². The molecule has 0 saturated carbocycles. The lowest BCUT2D eigenvalue weighted by atomic mass is 10.2. The van der Waals surface area contributed by atoms with Crippen LogP contribution in [-0.4, -0.2) is 26.0 Å². The topological polar surface area (TPSA) is 81.1 Å². The van der Waals surface area contributed by atoms with Crippen LogP contribution in [0.2, 0.25) is 0 Å². The molecule has 15 heavy (non-hydrogen) atoms. The largest absolute Gasteiger partial charge is 0.390 e. The maximum Gasteiger partial charge on any atom is 0.350 e. The smallest absolute Gasteiger partial charge is 0.350 e. The molecule has 0 radical (unpaired) electrons. The Balaban J connectivity index is 2.34. The van der Waals surface area contributed by atoms with E-state index in [4.69, 9.17) is 5.73 Å². The van der Waals surface area contributed by atoms with Gasteiger partial charge in [-0.05, 0) is 12.5 Å². The van der Waals surface area contributed by atoms with Crippen molar-refractivity contribution < 1.29 is 5.11 Å². The van der Waals surface area contributed by atoms with E-state index in [-0.39, 0.29) is 11.2 Å². The molecule has 0 amide bonds. The van der Waals surface area contributed by atoms with Gasteiger partial charge >= 0.3 is 5.69 Å². The lowest BCUT2D eigenvalue weighted by molar-refractivity contribution is 0.149. The number of aliphatic hydroxyl groups excluding tert-OH is 1. The molecule has 0 aliphatic carbocycles. The number of nitrogens with zero attached hydrogens (tertiary/aromatic N) is 2. The van der Waals surface area contributed by atoms with Gasteiger partial charge in [0.15, 0.2) is 0 Å². The van der Waals surface area contributed by atoms with Crippen molar-refractivity contribution in [3.63, 3.8) is 0 Å². The minimum absolute atomic E-state index is 0.210. The van der Waals surface area contributed by atoms with Crippen molar-refractivity contribution in [2.24, 2.45) is 0 Å². The molecule has 82 valence electrons. The zero-order chi connectivity index (χ0) is 11.0. The number of nitrogen functional groups attached to an aromatic ring is 1. The van der Waals surface area contributed by atoms with E-state index in [2.05, 4.69) is 4.98 Å². The molecule has 1 unspecified atom stereocenters. The van der Waals surface area contributed by atoms with Gasteiger partial charge in [-0.1, -0.05) is 6.92 Å². The van der Waals surface area contributed by atoms with Crippen molar-refractivity contribution in [2.75, 3.05) is 5.73 Å². The van der Waals surface area contributed by atoms with E-state index in [1.807, 2.05) is 6.92 Å². The summed E-state index contributed by atoms with van der Waals surface area (Å²) in [6.07, 6.45) is 1.79. The van der Waals surface area contributed by atoms with E-state index >= 15 is 0 Å². The van der Waals surface area contributed by atoms with Crippen LogP contribution in [0.25, 0.3) is 0 Å². The van der Waals surface area contributed by atoms with Gasteiger partial charge in [-0.25, -0.2) is 4.79 Å². The molecule has 0 bridgehead atoms. The minimum atomic E-state index is -0.492. The summed E-state index contributed by atoms with van der Waals surface area (Å²) in [4.78, 5) is 15.2. The minimum Gasteiger partial charge on any atom is -0.390 e. The van der Waals surface area contributed by atoms with Crippen LogP contribution in [-0.2, 0) is 0 Å². The molecule has 0 spiro atoms. The van der Waals surface area contributed by atoms with Gasteiger partial charge in [0.2, 0.25) is 0 Å². The van der Waals surface area contributed by atoms with Gasteiger partial charge in [0, 0.05) is 11.4 Å². The fraction of sp³-hybridized carbons (Fsp3) is 0.556. The number of thioether (sulfide) groups is 1. The number of nitrogens with two attached hydrogens (primary N) is 1. The summed E-state index contributed by atoms with van der Waals surface area (Å²) < 4.78 is 1.44. The molecule has 5 nitrogen and oxygen atoms in total. The number of anilines is 1. The van der Waals surface area contributed by atoms with Crippen molar-refractivity contribution in [3.05, 3.63) is 22.7 Å². The molecule has 1 saturated heterocycles. The second-order valence-electron chi connectivity index (χ2n) is 3.68. The third kappa shape index (κ3) is 2.00. The van der Waals surface area contributed by atoms with Crippen LogP contribution in [0.4, 0.5) is 5.82 Å². The average Bonchev–Trinajstić information content (AvgIpc) is 2.45. The Kier molecular flexibility index (Phi) is 2.70. The summed E-state index contributed by atoms with van der Waals surface area (Å²) in [6.45, 7) is 2.03. The van der Waals surface area contributed by atoms with Crippen LogP contribution >= 0.6 is 11.8 Å². The predicted octanol–water partition coefficient (Wildman–Crippen LogP) is 0.210. The summed E-state index contributed by atoms with van der Waals surface area (Å²) >= 11 is 1.58. The van der Waals surface area contributed by atoms with E-state index in [0.29, 0.717) is 11.7 Å². The maximum absolute atomic E-state index is 11.5. The number of hydrogen-bond acceptors (Lipinski definition) is 5. The zero-order valence-corrected chi connectivity index (χ0v) is 9.15. The van der Waals surface area contributed by atoms with Gasteiger partial charge in [-0.2, -0.15) is 4.98 Å². The summed E-state index contributed by atoms with van der Waals surface area (Å²) in [5.41, 5.74) is 4.99. The van der Waals surface area contributed by atoms with Gasteiger partial charge in [0.1, 0.15) is 11.2 Å². The van der Waals surface area contributed by atoms with Gasteiger partial charge in [0.05, 0.1) is 6.10 Å². The second kappa shape index (κ2) is 3.86. The SMILES string of the molecule is C[C@@H]1CC(O)[C@H](n2ccc(N)nc2=O)S1. The molecular formula is C9H13N3O2S. The second-order valence-corrected chi connectivity index (χ2v) is 5.24. The van der Waals surface area contributed by atoms with Crippen LogP contribution < -0.4 is 11.4 Å². The molecule has 3 N–H and O–H groups in total. The molecule has 1 aromatic rings. The van der Waals surface area contributed by atoms with Crippen LogP contribution in [0.3, 0.4) is 0 Å². The Morgan fingerprint density at radius 1 is 1.73 bits per heavy atom. The zero-order valence-electron chi connectivity index (χ0n) is 8.33. The van der Waals surface area contributed by atoms with E-state index < -0.39 is 11.8 Å². The molecule has 1 aromatic heterocycles. The van der Waals surface area contributed by atoms with Crippen LogP contribution in [0.1, 0.15) is 18.7 Å². The van der Waals surface area contributed by atoms with E-state index in [9.17, 15) is 9.90 Å². The van der Waals surface area contributed by atoms with Gasteiger partial charge in [-0.3, -0.25) is 4.57 Å². The Labute approximate surface area is 91.3 Å². The predicted molar refractivity (Wildman–Crippen MR) is 59.6 cm³/mol. The highest BCUT2D eigenvalue weighted by molar-refractivity contribution is 8.00. The highest BCUT2D eigenvalue weighted by Gasteiger charge is 2.33. The fourth-order valence-electron chi connectivity index (χ4n) is 1.71. The monoisotopic (exact) mass is 227 g/mol. The normalized spacial score (nSPS) is 30.7. The van der Waals surface area contributed by atoms with E-state index in [0.717, 1.165) is 0 Å². The first-order chi connectivity index (χ1) is 7.08. The molecule has 3 atom stereocenters. The summed E-state index contributed by atoms with van der Waals surface area (Å²) in [6, 6.07) is 1.57. The lowest BCUT2D eigenvalue weighted by Gasteiger charge is -2.15. The summed E-state index contributed by atoms with van der Waals surface area (Å²) in [5.74, 6) is 0.210. The summed E-state index contributed by atoms with van der Waals surface area (Å²) in [7, 11) is 0. The van der Waals surface area contributed by atoms with Crippen LogP contribution in [0.5, 0.6) is 0 Å². The molecular weight excluding hydrogens is 214 g/mol. The van der Waals surface area contributed by atoms with Gasteiger partial charge < -0.3 is 10.8 Å². The van der Waals surface area contributed by atoms with Gasteiger partial charge in [-0.15, -0.1) is 11.8 Å². The first kappa shape index (κ1) is 10.5. The maximum atomic E-state index is 11.5. The van der Waals surface area contributed by atoms with E-state index in [1.54, 1.807) is 24.0 Å². The van der Waals surface area contributed by atoms with Crippen molar-refractivity contribution in [3.8, 4) is 0 Å². The number of aliphatic hydroxyl groups is 1. The fourth-order valence-corrected chi connectivity index (χ4v) is 3.08. The first-order valence-electron chi connectivity index (χ1n) is 4.76. The molecule has 2 rings (SSSR count). The highest BCUT2D eigenvalue weighted by Crippen LogP contribution is 2.40. The molecule has 1 aliphatic heterocycles. The number of rotatable bonds is 1. The number of hydrogen-bond donors (Lipinski definition) is 2. The van der Waals surface area contributed by atoms with Crippen molar-refractivity contribution in [1.29, 1.82) is 0 Å². The molecule has 2 heterocycles. The first-order valence-corrected chi connectivity index (χ1v) is 5.70. The van der Waals surface area contributed by atoms with Gasteiger partial charge in [0.25, 0.3) is 0 Å². The van der Waals surface area contributed by atoms with Crippen molar-refractivity contribution in [2.45, 2.75) is 30.1 Å². The molecule has 0 aromatic carbocycles. The van der Waals surface area contributed by atoms with Crippen molar-refractivity contribution >= 4 is 17.6 Å². The average molecular weight is 227 g/mol. The molecule has 6 heteroatoms. The molecule has 1 aliphatic rings. The summed E-state index contributed by atoms with van der Waals surface area (Å²) in [5, 5.41) is 9.89. The Morgan fingerprint density at radius 2 is 2.47 bits per heavy atom. The molecule has 1 fully saturated rings. The Morgan fingerprint density at radius 3 is 3.00 bits per heavy atom. The standard InChI is InChI=1S/C9H13N3O2S/c1-5-4-6(13)8(15-5)12-3-2-7(10)11-9(12)14/h2-3,5-6,8,13H,4H2,1H3,(H2,10,11,14)/t5-,6?,8-/m1/s1. The van der Waals surface area contributed by atoms with Crippen molar-refractivity contribution in [1.82, 2.24) is 9.55 Å². The third-order valence-corrected chi connectivity index (χ3v) is 3.88. The lowest BCUT2D eigenvalue weighted by Crippen LogP contribution is -2.29. The quantitative estimate of drug-likeness (QED) is 0.717. The Bertz CT molecular complexity index is 420. The van der Waals surface area contributed by atoms with Crippen LogP contribution in [0, 0.1) is 0 Å². The number of aromatic nitrogens is 2. The van der Waals surface area contributed by atoms with Crippen LogP contribution in [0.15, 0.2) is 17.1 Å².